The Kier molecular flexibility index (Phi) is 6.96. The number of aromatic nitrogens is 2. The lowest BCUT2D eigenvalue weighted by Gasteiger charge is -2.39. The number of imidazole rings is 1. The summed E-state index contributed by atoms with van der Waals surface area (Å²) in [5.74, 6) is 1.30. The number of methoxy groups -OCH3 is 1. The first-order valence-corrected chi connectivity index (χ1v) is 11.8. The molecule has 0 aliphatic heterocycles. The molecule has 1 fully saturated rings. The van der Waals surface area contributed by atoms with E-state index in [4.69, 9.17) is 9.72 Å². The summed E-state index contributed by atoms with van der Waals surface area (Å²) in [6, 6.07) is 11.1. The van der Waals surface area contributed by atoms with Gasteiger partial charge in [-0.3, -0.25) is 0 Å². The summed E-state index contributed by atoms with van der Waals surface area (Å²) in [4.78, 5) is 16.9. The van der Waals surface area contributed by atoms with Crippen LogP contribution < -0.4 is 10.1 Å². The highest BCUT2D eigenvalue weighted by molar-refractivity contribution is 5.94. The maximum absolute atomic E-state index is 12.5. The van der Waals surface area contributed by atoms with Crippen molar-refractivity contribution < 1.29 is 27.4 Å². The number of carbonyl (C=O) groups is 1. The van der Waals surface area contributed by atoms with Crippen molar-refractivity contribution in [3.63, 3.8) is 0 Å². The first-order valence-electron chi connectivity index (χ1n) is 11.8. The summed E-state index contributed by atoms with van der Waals surface area (Å²) < 4.78 is 48.6. The molecule has 0 amide bonds. The molecule has 1 N–H and O–H groups in total. The Labute approximate surface area is 202 Å². The predicted octanol–water partition coefficient (Wildman–Crippen LogP) is 7.10. The second kappa shape index (κ2) is 9.79. The van der Waals surface area contributed by atoms with E-state index in [9.17, 15) is 18.0 Å². The van der Waals surface area contributed by atoms with Crippen molar-refractivity contribution in [2.24, 2.45) is 17.8 Å². The van der Waals surface area contributed by atoms with Crippen molar-refractivity contribution in [3.05, 3.63) is 48.0 Å². The summed E-state index contributed by atoms with van der Waals surface area (Å²) in [5.41, 5.74) is 2.52. The quantitative estimate of drug-likeness (QED) is 0.374. The van der Waals surface area contributed by atoms with Gasteiger partial charge in [-0.15, -0.1) is 13.2 Å². The molecule has 3 atom stereocenters. The number of rotatable bonds is 6. The number of alkyl halides is 3. The summed E-state index contributed by atoms with van der Waals surface area (Å²) in [6.07, 6.45) is -1.49. The Morgan fingerprint density at radius 2 is 1.86 bits per heavy atom. The van der Waals surface area contributed by atoms with Gasteiger partial charge in [0.15, 0.2) is 0 Å². The number of carbonyl (C=O) groups excluding carboxylic acids is 1. The van der Waals surface area contributed by atoms with Crippen molar-refractivity contribution in [2.45, 2.75) is 52.4 Å². The number of hydrogen-bond acceptors (Lipinski definition) is 5. The average molecular weight is 490 g/mol. The van der Waals surface area contributed by atoms with Gasteiger partial charge in [0, 0.05) is 11.7 Å². The van der Waals surface area contributed by atoms with Gasteiger partial charge in [-0.1, -0.05) is 27.2 Å². The van der Waals surface area contributed by atoms with Crippen LogP contribution in [0.15, 0.2) is 42.5 Å². The molecule has 1 aromatic heterocycles. The first-order chi connectivity index (χ1) is 16.6. The number of ether oxygens (including phenoxy) is 2. The fraction of sp³-hybridized carbons (Fsp3) is 0.462. The molecule has 6 nitrogen and oxygen atoms in total. The van der Waals surface area contributed by atoms with Crippen molar-refractivity contribution in [1.82, 2.24) is 9.55 Å². The third-order valence-corrected chi connectivity index (χ3v) is 6.77. The van der Waals surface area contributed by atoms with Gasteiger partial charge in [0.2, 0.25) is 5.95 Å². The van der Waals surface area contributed by atoms with E-state index in [1.165, 1.54) is 37.8 Å². The van der Waals surface area contributed by atoms with E-state index >= 15 is 0 Å². The van der Waals surface area contributed by atoms with Crippen LogP contribution in [0.25, 0.3) is 11.0 Å². The molecule has 35 heavy (non-hydrogen) atoms. The van der Waals surface area contributed by atoms with E-state index in [-0.39, 0.29) is 11.8 Å². The number of benzene rings is 2. The Balaban J connectivity index is 1.77. The molecule has 1 aliphatic rings. The Morgan fingerprint density at radius 1 is 1.14 bits per heavy atom. The van der Waals surface area contributed by atoms with Crippen LogP contribution in [0.3, 0.4) is 0 Å². The van der Waals surface area contributed by atoms with Crippen LogP contribution in [0.1, 0.15) is 56.4 Å². The third-order valence-electron chi connectivity index (χ3n) is 6.77. The molecule has 4 rings (SSSR count). The lowest BCUT2D eigenvalue weighted by atomic mass is 9.74. The van der Waals surface area contributed by atoms with E-state index in [0.29, 0.717) is 40.5 Å². The summed E-state index contributed by atoms with van der Waals surface area (Å²) >= 11 is 0. The van der Waals surface area contributed by atoms with Crippen LogP contribution in [0.4, 0.5) is 24.8 Å². The minimum absolute atomic E-state index is 0.183. The van der Waals surface area contributed by atoms with Crippen LogP contribution in [0.5, 0.6) is 5.75 Å². The molecule has 1 saturated carbocycles. The van der Waals surface area contributed by atoms with Gasteiger partial charge >= 0.3 is 12.3 Å². The van der Waals surface area contributed by atoms with Crippen molar-refractivity contribution in [2.75, 3.05) is 12.4 Å². The number of fused-ring (bicyclic) bond motifs is 1. The number of hydrogen-bond donors (Lipinski definition) is 1. The molecular weight excluding hydrogens is 459 g/mol. The van der Waals surface area contributed by atoms with E-state index < -0.39 is 12.3 Å². The lowest BCUT2D eigenvalue weighted by Crippen LogP contribution is -2.30. The second-order valence-electron chi connectivity index (χ2n) is 9.59. The molecule has 0 unspecified atom stereocenters. The van der Waals surface area contributed by atoms with Gasteiger partial charge in [0.05, 0.1) is 23.7 Å². The molecule has 0 bridgehead atoms. The summed E-state index contributed by atoms with van der Waals surface area (Å²) in [5, 5.41) is 3.29. The number of esters is 1. The minimum atomic E-state index is -4.75. The van der Waals surface area contributed by atoms with Crippen molar-refractivity contribution in [3.8, 4) is 5.75 Å². The Bertz CT molecular complexity index is 1190. The fourth-order valence-electron chi connectivity index (χ4n) is 5.09. The van der Waals surface area contributed by atoms with E-state index in [0.717, 1.165) is 18.4 Å². The van der Waals surface area contributed by atoms with Crippen LogP contribution in [-0.4, -0.2) is 29.0 Å². The topological polar surface area (TPSA) is 65.4 Å². The van der Waals surface area contributed by atoms with Gasteiger partial charge in [-0.25, -0.2) is 9.78 Å². The SMILES string of the molecule is COC(=O)c1ccc2c(c1)nc(Nc1ccc(OC(F)(F)F)cc1)n2[C@@H]1C[C@H](C)CC[C@H]1C(C)C. The van der Waals surface area contributed by atoms with Crippen LogP contribution in [0, 0.1) is 17.8 Å². The molecule has 1 aliphatic carbocycles. The van der Waals surface area contributed by atoms with Gasteiger partial charge in [0.25, 0.3) is 0 Å². The number of nitrogens with one attached hydrogen (secondary N) is 1. The highest BCUT2D eigenvalue weighted by Crippen LogP contribution is 2.44. The molecule has 9 heteroatoms. The molecular formula is C26H30F3N3O3. The van der Waals surface area contributed by atoms with Crippen molar-refractivity contribution >= 4 is 28.6 Å². The Morgan fingerprint density at radius 3 is 2.49 bits per heavy atom. The maximum atomic E-state index is 12.5. The number of halogens is 3. The monoisotopic (exact) mass is 489 g/mol. The molecule has 2 aromatic carbocycles. The standard InChI is InChI=1S/C26H30F3N3O3/c1-15(2)20-11-5-16(3)13-23(20)32-22-12-6-17(24(33)34-4)14-21(22)31-25(32)30-18-7-9-19(10-8-18)35-26(27,28)29/h6-10,12,14-16,20,23H,5,11,13H2,1-4H3,(H,30,31)/t16-,20+,23-/m1/s1. The average Bonchev–Trinajstić information content (AvgIpc) is 3.15. The second-order valence-corrected chi connectivity index (χ2v) is 9.59. The highest BCUT2D eigenvalue weighted by atomic mass is 19.4. The fourth-order valence-corrected chi connectivity index (χ4v) is 5.09. The summed E-state index contributed by atoms with van der Waals surface area (Å²) in [6.45, 7) is 6.72. The zero-order chi connectivity index (χ0) is 25.3. The maximum Gasteiger partial charge on any atom is 0.573 e. The smallest absolute Gasteiger partial charge is 0.465 e. The molecule has 1 heterocycles. The molecule has 3 aromatic rings. The summed E-state index contributed by atoms with van der Waals surface area (Å²) in [7, 11) is 1.33. The van der Waals surface area contributed by atoms with Gasteiger partial charge in [-0.2, -0.15) is 0 Å². The number of nitrogens with zero attached hydrogens (tertiary/aromatic N) is 2. The predicted molar refractivity (Wildman–Crippen MR) is 128 cm³/mol. The van der Waals surface area contributed by atoms with Crippen LogP contribution >= 0.6 is 0 Å². The first kappa shape index (κ1) is 24.9. The lowest BCUT2D eigenvalue weighted by molar-refractivity contribution is -0.274. The van der Waals surface area contributed by atoms with E-state index in [1.54, 1.807) is 12.1 Å². The normalized spacial score (nSPS) is 20.7. The van der Waals surface area contributed by atoms with Crippen LogP contribution in [0.2, 0.25) is 0 Å². The van der Waals surface area contributed by atoms with Crippen molar-refractivity contribution in [1.29, 1.82) is 0 Å². The highest BCUT2D eigenvalue weighted by Gasteiger charge is 2.34. The van der Waals surface area contributed by atoms with Gasteiger partial charge in [-0.05, 0) is 73.1 Å². The zero-order valence-corrected chi connectivity index (χ0v) is 20.2. The molecule has 188 valence electrons. The minimum Gasteiger partial charge on any atom is -0.465 e. The number of anilines is 2. The Hall–Kier alpha value is -3.23. The molecule has 0 spiro atoms. The third kappa shape index (κ3) is 5.55. The molecule has 0 saturated heterocycles. The van der Waals surface area contributed by atoms with E-state index in [1.807, 2.05) is 6.07 Å². The molecule has 0 radical (unpaired) electrons. The van der Waals surface area contributed by atoms with Crippen LogP contribution in [-0.2, 0) is 4.74 Å². The van der Waals surface area contributed by atoms with E-state index in [2.05, 4.69) is 35.4 Å². The van der Waals surface area contributed by atoms with Gasteiger partial charge in [0.1, 0.15) is 5.75 Å². The largest absolute Gasteiger partial charge is 0.573 e. The zero-order valence-electron chi connectivity index (χ0n) is 20.2. The van der Waals surface area contributed by atoms with Gasteiger partial charge < -0.3 is 19.4 Å².